The van der Waals surface area contributed by atoms with Crippen molar-refractivity contribution in [2.45, 2.75) is 13.2 Å². The first-order chi connectivity index (χ1) is 15.6. The lowest BCUT2D eigenvalue weighted by atomic mass is 10.2. The Morgan fingerprint density at radius 2 is 1.91 bits per heavy atom. The Balaban J connectivity index is 1.16. The van der Waals surface area contributed by atoms with Gasteiger partial charge in [-0.05, 0) is 42.0 Å². The molecule has 2 aromatic carbocycles. The van der Waals surface area contributed by atoms with E-state index >= 15 is 0 Å². The molecule has 9 heteroatoms. The van der Waals surface area contributed by atoms with Gasteiger partial charge in [0.05, 0.1) is 6.54 Å². The molecule has 0 unspecified atom stereocenters. The van der Waals surface area contributed by atoms with Crippen molar-refractivity contribution < 1.29 is 23.4 Å². The summed E-state index contributed by atoms with van der Waals surface area (Å²) >= 11 is 5.91. The van der Waals surface area contributed by atoms with Gasteiger partial charge in [-0.25, -0.2) is 0 Å². The molecule has 0 fully saturated rings. The van der Waals surface area contributed by atoms with Crippen LogP contribution in [0.5, 0.6) is 17.2 Å². The van der Waals surface area contributed by atoms with Crippen molar-refractivity contribution in [3.63, 3.8) is 0 Å². The van der Waals surface area contributed by atoms with E-state index in [-0.39, 0.29) is 19.2 Å². The number of fused-ring (bicyclic) bond motifs is 1. The lowest BCUT2D eigenvalue weighted by Gasteiger charge is -2.05. The van der Waals surface area contributed by atoms with Gasteiger partial charge in [-0.1, -0.05) is 23.7 Å². The molecule has 0 saturated heterocycles. The third-order valence-corrected chi connectivity index (χ3v) is 5.00. The smallest absolute Gasteiger partial charge is 0.292 e. The molecule has 1 N–H and O–H groups in total. The number of rotatable bonds is 7. The minimum atomic E-state index is -0.393. The van der Waals surface area contributed by atoms with Crippen LogP contribution in [0.25, 0.3) is 0 Å². The Morgan fingerprint density at radius 3 is 2.78 bits per heavy atom. The van der Waals surface area contributed by atoms with E-state index in [1.807, 2.05) is 24.3 Å². The third kappa shape index (κ3) is 4.55. The molecular formula is C23H18ClN3O5. The van der Waals surface area contributed by atoms with Gasteiger partial charge in [0.25, 0.3) is 5.91 Å². The minimum Gasteiger partial charge on any atom is -0.486 e. The maximum Gasteiger partial charge on any atom is 0.292 e. The number of nitrogens with zero attached hydrogens (tertiary/aromatic N) is 2. The molecule has 0 spiro atoms. The van der Waals surface area contributed by atoms with Gasteiger partial charge >= 0.3 is 0 Å². The van der Waals surface area contributed by atoms with Crippen molar-refractivity contribution in [1.29, 1.82) is 0 Å². The number of furan rings is 1. The standard InChI is InChI=1S/C23H18ClN3O5/c24-16-3-1-15(2-4-16)12-27-10-9-22(26-27)25-23(28)20-8-6-18(32-20)13-29-17-5-7-19-21(11-17)31-14-30-19/h1-11H,12-14H2,(H,25,26,28). The summed E-state index contributed by atoms with van der Waals surface area (Å²) < 4.78 is 23.7. The molecule has 8 nitrogen and oxygen atoms in total. The first-order valence-corrected chi connectivity index (χ1v) is 10.2. The number of carbonyl (C=O) groups excluding carboxylic acids is 1. The fraction of sp³-hybridized carbons (Fsp3) is 0.130. The monoisotopic (exact) mass is 451 g/mol. The molecule has 4 aromatic rings. The zero-order valence-electron chi connectivity index (χ0n) is 16.8. The molecule has 1 aliphatic rings. The molecule has 0 saturated carbocycles. The number of hydrogen-bond donors (Lipinski definition) is 1. The van der Waals surface area contributed by atoms with E-state index in [1.165, 1.54) is 0 Å². The highest BCUT2D eigenvalue weighted by Gasteiger charge is 2.15. The van der Waals surface area contributed by atoms with E-state index in [9.17, 15) is 4.79 Å². The van der Waals surface area contributed by atoms with Crippen molar-refractivity contribution >= 4 is 23.3 Å². The molecule has 0 radical (unpaired) electrons. The van der Waals surface area contributed by atoms with E-state index < -0.39 is 5.91 Å². The predicted octanol–water partition coefficient (Wildman–Crippen LogP) is 4.74. The number of carbonyl (C=O) groups is 1. The number of hydrogen-bond acceptors (Lipinski definition) is 6. The largest absolute Gasteiger partial charge is 0.486 e. The molecule has 1 aliphatic heterocycles. The summed E-state index contributed by atoms with van der Waals surface area (Å²) in [7, 11) is 0. The number of anilines is 1. The Hall–Kier alpha value is -3.91. The van der Waals surface area contributed by atoms with Crippen LogP contribution in [0.1, 0.15) is 21.9 Å². The van der Waals surface area contributed by atoms with E-state index in [0.29, 0.717) is 40.4 Å². The average molecular weight is 452 g/mol. The van der Waals surface area contributed by atoms with Crippen LogP contribution in [0, 0.1) is 0 Å². The van der Waals surface area contributed by atoms with Crippen molar-refractivity contribution in [3.05, 3.63) is 89.0 Å². The van der Waals surface area contributed by atoms with Crippen LogP contribution < -0.4 is 19.5 Å². The van der Waals surface area contributed by atoms with E-state index in [1.54, 1.807) is 47.3 Å². The zero-order valence-corrected chi connectivity index (χ0v) is 17.5. The second kappa shape index (κ2) is 8.68. The Bertz CT molecular complexity index is 1250. The molecule has 2 aromatic heterocycles. The highest BCUT2D eigenvalue weighted by Crippen LogP contribution is 2.35. The number of nitrogens with one attached hydrogen (secondary N) is 1. The fourth-order valence-corrected chi connectivity index (χ4v) is 3.30. The van der Waals surface area contributed by atoms with Crippen LogP contribution in [0.3, 0.4) is 0 Å². The van der Waals surface area contributed by atoms with Crippen LogP contribution in [-0.4, -0.2) is 22.5 Å². The number of halogens is 1. The lowest BCUT2D eigenvalue weighted by Crippen LogP contribution is -2.12. The van der Waals surface area contributed by atoms with Crippen LogP contribution in [0.4, 0.5) is 5.82 Å². The van der Waals surface area contributed by atoms with E-state index in [2.05, 4.69) is 10.4 Å². The minimum absolute atomic E-state index is 0.168. The molecule has 0 atom stereocenters. The van der Waals surface area contributed by atoms with Gasteiger partial charge in [0, 0.05) is 23.4 Å². The highest BCUT2D eigenvalue weighted by atomic mass is 35.5. The average Bonchev–Trinajstić information content (AvgIpc) is 3.54. The third-order valence-electron chi connectivity index (χ3n) is 4.75. The highest BCUT2D eigenvalue weighted by molar-refractivity contribution is 6.30. The maximum atomic E-state index is 12.5. The topological polar surface area (TPSA) is 87.8 Å². The lowest BCUT2D eigenvalue weighted by molar-refractivity contribution is 0.0992. The summed E-state index contributed by atoms with van der Waals surface area (Å²) in [5.74, 6) is 2.66. The fourth-order valence-electron chi connectivity index (χ4n) is 3.17. The maximum absolute atomic E-state index is 12.5. The van der Waals surface area contributed by atoms with Crippen molar-refractivity contribution in [3.8, 4) is 17.2 Å². The van der Waals surface area contributed by atoms with E-state index in [4.69, 9.17) is 30.2 Å². The van der Waals surface area contributed by atoms with E-state index in [0.717, 1.165) is 5.56 Å². The second-order valence-corrected chi connectivity index (χ2v) is 7.49. The second-order valence-electron chi connectivity index (χ2n) is 7.05. The van der Waals surface area contributed by atoms with Gasteiger partial charge in [0.1, 0.15) is 18.1 Å². The Morgan fingerprint density at radius 1 is 1.06 bits per heavy atom. The zero-order chi connectivity index (χ0) is 21.9. The quantitative estimate of drug-likeness (QED) is 0.436. The molecule has 1 amide bonds. The molecule has 0 bridgehead atoms. The van der Waals surface area contributed by atoms with Gasteiger partial charge in [0.2, 0.25) is 6.79 Å². The summed E-state index contributed by atoms with van der Waals surface area (Å²) in [6.45, 7) is 0.937. The molecular weight excluding hydrogens is 434 g/mol. The van der Waals surface area contributed by atoms with Crippen LogP contribution in [0.15, 0.2) is 71.3 Å². The molecule has 5 rings (SSSR count). The summed E-state index contributed by atoms with van der Waals surface area (Å²) in [6.07, 6.45) is 1.79. The SMILES string of the molecule is O=C(Nc1ccn(Cc2ccc(Cl)cc2)n1)c1ccc(COc2ccc3c(c2)OCO3)o1. The summed E-state index contributed by atoms with van der Waals surface area (Å²) in [5, 5.41) is 7.78. The Labute approximate surface area is 188 Å². The van der Waals surface area contributed by atoms with Crippen LogP contribution >= 0.6 is 11.6 Å². The summed E-state index contributed by atoms with van der Waals surface area (Å²) in [5.41, 5.74) is 1.05. The van der Waals surface area contributed by atoms with Gasteiger partial charge < -0.3 is 23.9 Å². The number of benzene rings is 2. The first-order valence-electron chi connectivity index (χ1n) is 9.83. The van der Waals surface area contributed by atoms with Crippen molar-refractivity contribution in [1.82, 2.24) is 9.78 Å². The van der Waals surface area contributed by atoms with Crippen molar-refractivity contribution in [2.24, 2.45) is 0 Å². The van der Waals surface area contributed by atoms with Gasteiger partial charge in [0.15, 0.2) is 23.1 Å². The van der Waals surface area contributed by atoms with Crippen molar-refractivity contribution in [2.75, 3.05) is 12.1 Å². The first kappa shape index (κ1) is 20.0. The number of amides is 1. The Kier molecular flexibility index (Phi) is 5.43. The number of aromatic nitrogens is 2. The van der Waals surface area contributed by atoms with Crippen LogP contribution in [-0.2, 0) is 13.2 Å². The van der Waals surface area contributed by atoms with Gasteiger partial charge in [-0.3, -0.25) is 9.48 Å². The number of ether oxygens (including phenoxy) is 3. The molecule has 3 heterocycles. The summed E-state index contributed by atoms with van der Waals surface area (Å²) in [6, 6.07) is 17.8. The normalized spacial score (nSPS) is 12.0. The molecule has 0 aliphatic carbocycles. The molecule has 162 valence electrons. The van der Waals surface area contributed by atoms with Crippen LogP contribution in [0.2, 0.25) is 5.02 Å². The predicted molar refractivity (Wildman–Crippen MR) is 116 cm³/mol. The summed E-state index contributed by atoms with van der Waals surface area (Å²) in [4.78, 5) is 12.5. The van der Waals surface area contributed by atoms with Gasteiger partial charge in [-0.15, -0.1) is 0 Å². The molecule has 32 heavy (non-hydrogen) atoms. The van der Waals surface area contributed by atoms with Gasteiger partial charge in [-0.2, -0.15) is 5.10 Å².